The van der Waals surface area contributed by atoms with Crippen LogP contribution in [0.4, 0.5) is 11.4 Å². The smallest absolute Gasteiger partial charge is 0.227 e. The van der Waals surface area contributed by atoms with Crippen molar-refractivity contribution in [3.63, 3.8) is 0 Å². The van der Waals surface area contributed by atoms with Crippen LogP contribution >= 0.6 is 0 Å². The summed E-state index contributed by atoms with van der Waals surface area (Å²) in [5, 5.41) is 7.87. The number of hydrogen-bond donors (Lipinski definition) is 1. The van der Waals surface area contributed by atoms with Crippen LogP contribution in [0.1, 0.15) is 51.3 Å². The summed E-state index contributed by atoms with van der Waals surface area (Å²) in [4.78, 5) is 13.6. The zero-order valence-corrected chi connectivity index (χ0v) is 14.0. The molecule has 2 aromatic rings. The lowest BCUT2D eigenvalue weighted by Gasteiger charge is -2.18. The Hall–Kier alpha value is -2.30. The fourth-order valence-electron chi connectivity index (χ4n) is 2.85. The van der Waals surface area contributed by atoms with Crippen molar-refractivity contribution in [2.75, 3.05) is 16.8 Å². The van der Waals surface area contributed by atoms with Crippen molar-refractivity contribution in [1.82, 2.24) is 9.78 Å². The van der Waals surface area contributed by atoms with Gasteiger partial charge in [0.05, 0.1) is 12.2 Å². The van der Waals surface area contributed by atoms with E-state index in [9.17, 15) is 4.79 Å². The fourth-order valence-corrected chi connectivity index (χ4v) is 2.85. The van der Waals surface area contributed by atoms with Gasteiger partial charge in [-0.1, -0.05) is 0 Å². The number of nitrogens with zero attached hydrogens (tertiary/aromatic N) is 3. The van der Waals surface area contributed by atoms with Crippen LogP contribution in [0.5, 0.6) is 0 Å². The molecule has 1 N–H and O–H groups in total. The molecule has 1 aromatic heterocycles. The lowest BCUT2D eigenvalue weighted by Crippen LogP contribution is -2.23. The Kier molecular flexibility index (Phi) is 4.37. The maximum atomic E-state index is 11.8. The minimum Gasteiger partial charge on any atom is -0.378 e. The van der Waals surface area contributed by atoms with Crippen molar-refractivity contribution in [1.29, 1.82) is 0 Å². The molecule has 0 spiro atoms. The molecular weight excluding hydrogens is 288 g/mol. The molecule has 1 amide bonds. The Morgan fingerprint density at radius 1 is 1.17 bits per heavy atom. The summed E-state index contributed by atoms with van der Waals surface area (Å²) in [5.74, 6) is 0.222. The third-order valence-electron chi connectivity index (χ3n) is 4.29. The van der Waals surface area contributed by atoms with Crippen LogP contribution in [0.3, 0.4) is 0 Å². The molecule has 1 saturated heterocycles. The molecule has 5 heteroatoms. The predicted molar refractivity (Wildman–Crippen MR) is 92.7 cm³/mol. The van der Waals surface area contributed by atoms with E-state index in [0.29, 0.717) is 12.5 Å². The number of hydrogen-bond acceptors (Lipinski definition) is 3. The Labute approximate surface area is 137 Å². The van der Waals surface area contributed by atoms with Crippen LogP contribution < -0.4 is 10.2 Å². The average molecular weight is 312 g/mol. The van der Waals surface area contributed by atoms with Gasteiger partial charge in [-0.05, 0) is 51.5 Å². The highest BCUT2D eigenvalue weighted by Gasteiger charge is 2.21. The first-order chi connectivity index (χ1) is 11.0. The molecule has 0 bridgehead atoms. The van der Waals surface area contributed by atoms with Gasteiger partial charge in [0.15, 0.2) is 0 Å². The number of anilines is 2. The van der Waals surface area contributed by atoms with E-state index in [0.717, 1.165) is 29.9 Å². The van der Waals surface area contributed by atoms with Gasteiger partial charge in [0.25, 0.3) is 0 Å². The van der Waals surface area contributed by atoms with Crippen molar-refractivity contribution in [3.8, 4) is 0 Å². The van der Waals surface area contributed by atoms with Gasteiger partial charge in [-0.3, -0.25) is 9.48 Å². The van der Waals surface area contributed by atoms with E-state index in [2.05, 4.69) is 37.4 Å². The van der Waals surface area contributed by atoms with E-state index in [1.54, 1.807) is 0 Å². The molecule has 1 fully saturated rings. The monoisotopic (exact) mass is 312 g/mol. The van der Waals surface area contributed by atoms with Gasteiger partial charge in [0.1, 0.15) is 0 Å². The fraction of sp³-hybridized carbons (Fsp3) is 0.444. The second-order valence-electron chi connectivity index (χ2n) is 6.41. The highest BCUT2D eigenvalue weighted by atomic mass is 16.2. The molecule has 23 heavy (non-hydrogen) atoms. The van der Waals surface area contributed by atoms with Crippen molar-refractivity contribution in [3.05, 3.63) is 42.2 Å². The van der Waals surface area contributed by atoms with E-state index < -0.39 is 0 Å². The first kappa shape index (κ1) is 15.6. The Bertz CT molecular complexity index is 675. The number of carbonyl (C=O) groups is 1. The number of amides is 1. The number of benzene rings is 1. The van der Waals surface area contributed by atoms with Crippen LogP contribution in [0.2, 0.25) is 0 Å². The molecular formula is C18H24N4O. The maximum absolute atomic E-state index is 11.8. The van der Waals surface area contributed by atoms with Crippen molar-refractivity contribution in [2.45, 2.75) is 45.7 Å². The Morgan fingerprint density at radius 2 is 1.91 bits per heavy atom. The predicted octanol–water partition coefficient (Wildman–Crippen LogP) is 3.76. The third-order valence-corrected chi connectivity index (χ3v) is 4.29. The zero-order valence-electron chi connectivity index (χ0n) is 14.0. The number of nitrogens with one attached hydrogen (secondary N) is 1. The number of carbonyl (C=O) groups excluding carboxylic acids is 1. The third kappa shape index (κ3) is 3.38. The largest absolute Gasteiger partial charge is 0.378 e. The zero-order chi connectivity index (χ0) is 16.4. The topological polar surface area (TPSA) is 50.2 Å². The summed E-state index contributed by atoms with van der Waals surface area (Å²) in [6, 6.07) is 8.63. The molecule has 1 aromatic carbocycles. The van der Waals surface area contributed by atoms with Crippen LogP contribution in [0, 0.1) is 0 Å². The average Bonchev–Trinajstić information content (AvgIpc) is 3.17. The highest BCUT2D eigenvalue weighted by molar-refractivity contribution is 5.95. The molecule has 0 unspecified atom stereocenters. The summed E-state index contributed by atoms with van der Waals surface area (Å²) >= 11 is 0. The molecule has 5 nitrogen and oxygen atoms in total. The molecule has 3 rings (SSSR count). The van der Waals surface area contributed by atoms with Gasteiger partial charge in [0.2, 0.25) is 5.91 Å². The second-order valence-corrected chi connectivity index (χ2v) is 6.41. The molecule has 2 heterocycles. The van der Waals surface area contributed by atoms with E-state index in [1.807, 2.05) is 40.0 Å². The first-order valence-corrected chi connectivity index (χ1v) is 8.25. The lowest BCUT2D eigenvalue weighted by atomic mass is 10.1. The highest BCUT2D eigenvalue weighted by Crippen LogP contribution is 2.25. The summed E-state index contributed by atoms with van der Waals surface area (Å²) in [5.41, 5.74) is 3.20. The number of aromatic nitrogens is 2. The summed E-state index contributed by atoms with van der Waals surface area (Å²) < 4.78 is 1.97. The molecule has 122 valence electrons. The van der Waals surface area contributed by atoms with Crippen LogP contribution in [0.15, 0.2) is 36.7 Å². The van der Waals surface area contributed by atoms with Crippen molar-refractivity contribution in [2.24, 2.45) is 0 Å². The molecule has 0 aliphatic carbocycles. The molecule has 1 aliphatic rings. The van der Waals surface area contributed by atoms with E-state index in [4.69, 9.17) is 0 Å². The SMILES string of the molecule is CC(C)n1cc([C@@H](C)Nc2ccc(N3CCCC3=O)cc2)cn1. The molecule has 1 atom stereocenters. The minimum absolute atomic E-state index is 0.182. The van der Waals surface area contributed by atoms with Gasteiger partial charge >= 0.3 is 0 Å². The Balaban J connectivity index is 1.66. The molecule has 1 aliphatic heterocycles. The van der Waals surface area contributed by atoms with E-state index >= 15 is 0 Å². The van der Waals surface area contributed by atoms with Gasteiger partial charge < -0.3 is 10.2 Å². The number of rotatable bonds is 5. The lowest BCUT2D eigenvalue weighted by molar-refractivity contribution is -0.117. The normalized spacial score (nSPS) is 16.2. The van der Waals surface area contributed by atoms with Gasteiger partial charge in [-0.15, -0.1) is 0 Å². The van der Waals surface area contributed by atoms with Gasteiger partial charge in [-0.2, -0.15) is 5.10 Å². The summed E-state index contributed by atoms with van der Waals surface area (Å²) in [6.45, 7) is 7.19. The first-order valence-electron chi connectivity index (χ1n) is 8.25. The maximum Gasteiger partial charge on any atom is 0.227 e. The van der Waals surface area contributed by atoms with Crippen LogP contribution in [0.25, 0.3) is 0 Å². The molecule has 0 radical (unpaired) electrons. The van der Waals surface area contributed by atoms with Gasteiger partial charge in [0, 0.05) is 42.1 Å². The van der Waals surface area contributed by atoms with Crippen molar-refractivity contribution < 1.29 is 4.79 Å². The van der Waals surface area contributed by atoms with E-state index in [1.165, 1.54) is 0 Å². The van der Waals surface area contributed by atoms with Crippen molar-refractivity contribution >= 4 is 17.3 Å². The Morgan fingerprint density at radius 3 is 2.48 bits per heavy atom. The second kappa shape index (κ2) is 6.44. The summed E-state index contributed by atoms with van der Waals surface area (Å²) in [7, 11) is 0. The quantitative estimate of drug-likeness (QED) is 0.914. The standard InChI is InChI=1S/C18H24N4O/c1-13(2)22-12-15(11-19-22)14(3)20-16-6-8-17(9-7-16)21-10-4-5-18(21)23/h6-9,11-14,20H,4-5,10H2,1-3H3/t14-/m1/s1. The van der Waals surface area contributed by atoms with Gasteiger partial charge in [-0.25, -0.2) is 0 Å². The molecule has 0 saturated carbocycles. The van der Waals surface area contributed by atoms with E-state index in [-0.39, 0.29) is 11.9 Å². The van der Waals surface area contributed by atoms with Crippen LogP contribution in [-0.2, 0) is 4.79 Å². The van der Waals surface area contributed by atoms with Crippen LogP contribution in [-0.4, -0.2) is 22.2 Å². The minimum atomic E-state index is 0.182. The summed E-state index contributed by atoms with van der Waals surface area (Å²) in [6.07, 6.45) is 5.61.